The number of hydrogen-bond acceptors (Lipinski definition) is 2. The molecule has 0 spiro atoms. The maximum Gasteiger partial charge on any atom is 0.216 e. The second kappa shape index (κ2) is 7.11. The first-order valence-electron chi connectivity index (χ1n) is 9.68. The van der Waals surface area contributed by atoms with Gasteiger partial charge < -0.3 is 4.23 Å². The Balaban J connectivity index is 2.24. The summed E-state index contributed by atoms with van der Waals surface area (Å²) < 4.78 is 2.55. The van der Waals surface area contributed by atoms with Crippen LogP contribution in [0.15, 0.2) is 48.6 Å². The molecule has 0 saturated heterocycles. The summed E-state index contributed by atoms with van der Waals surface area (Å²) in [5.74, 6) is -0.221. The van der Waals surface area contributed by atoms with E-state index in [0.717, 1.165) is 24.1 Å². The lowest BCUT2D eigenvalue weighted by molar-refractivity contribution is -0.482. The van der Waals surface area contributed by atoms with E-state index in [2.05, 4.69) is 56.3 Å². The van der Waals surface area contributed by atoms with Gasteiger partial charge in [-0.2, -0.15) is 0 Å². The zero-order valence-corrected chi connectivity index (χ0v) is 18.0. The van der Waals surface area contributed by atoms with E-state index in [1.165, 1.54) is 11.3 Å². The molecule has 4 nitrogen and oxygen atoms in total. The maximum absolute atomic E-state index is 11.6. The van der Waals surface area contributed by atoms with Crippen LogP contribution in [-0.2, 0) is 12.8 Å². The van der Waals surface area contributed by atoms with Crippen LogP contribution in [0, 0.1) is 10.1 Å². The number of nitro groups is 1. The molecule has 144 valence electrons. The number of fused-ring (bicyclic) bond motifs is 1. The molecule has 0 radical (unpaired) electrons. The van der Waals surface area contributed by atoms with Crippen LogP contribution in [0.3, 0.4) is 0 Å². The van der Waals surface area contributed by atoms with Crippen molar-refractivity contribution in [2.75, 3.05) is 6.54 Å². The van der Waals surface area contributed by atoms with Gasteiger partial charge >= 0.3 is 0 Å². The van der Waals surface area contributed by atoms with E-state index in [-0.39, 0.29) is 22.4 Å². The van der Waals surface area contributed by atoms with Gasteiger partial charge in [0.2, 0.25) is 6.54 Å². The molecule has 1 atom stereocenters. The molecule has 0 N–H and O–H groups in total. The molecule has 1 aliphatic carbocycles. The molecule has 0 bridgehead atoms. The first-order valence-corrected chi connectivity index (χ1v) is 12.6. The average molecular weight is 383 g/mol. The quantitative estimate of drug-likeness (QED) is 0.301. The average Bonchev–Trinajstić information content (AvgIpc) is 2.99. The smallest absolute Gasteiger partial charge is 0.216 e. The van der Waals surface area contributed by atoms with E-state index in [9.17, 15) is 10.1 Å². The second-order valence-corrected chi connectivity index (χ2v) is 14.1. The number of allylic oxidation sites excluding steroid dienone is 2. The minimum atomic E-state index is -1.94. The van der Waals surface area contributed by atoms with Crippen molar-refractivity contribution in [3.63, 3.8) is 0 Å². The van der Waals surface area contributed by atoms with Gasteiger partial charge in [0, 0.05) is 22.7 Å². The van der Waals surface area contributed by atoms with E-state index in [1.54, 1.807) is 0 Å². The van der Waals surface area contributed by atoms with Crippen LogP contribution in [0.25, 0.3) is 0 Å². The Morgan fingerprint density at radius 1 is 1.15 bits per heavy atom. The van der Waals surface area contributed by atoms with Gasteiger partial charge in [0.25, 0.3) is 0 Å². The monoisotopic (exact) mass is 382 g/mol. The lowest BCUT2D eigenvalue weighted by atomic mass is 9.95. The Kier molecular flexibility index (Phi) is 5.17. The molecule has 3 rings (SSSR count). The van der Waals surface area contributed by atoms with Gasteiger partial charge in [0.05, 0.1) is 5.92 Å². The Morgan fingerprint density at radius 2 is 1.78 bits per heavy atom. The number of aromatic nitrogens is 1. The molecule has 0 fully saturated rings. The largest absolute Gasteiger partial charge is 0.374 e. The van der Waals surface area contributed by atoms with Gasteiger partial charge in [-0.1, -0.05) is 76.3 Å². The summed E-state index contributed by atoms with van der Waals surface area (Å²) in [6.07, 6.45) is 6.29. The molecule has 5 heteroatoms. The molecule has 1 aromatic heterocycles. The van der Waals surface area contributed by atoms with Gasteiger partial charge in [-0.25, -0.2) is 0 Å². The van der Waals surface area contributed by atoms with Crippen molar-refractivity contribution < 1.29 is 4.92 Å². The van der Waals surface area contributed by atoms with Gasteiger partial charge in [-0.3, -0.25) is 10.1 Å². The van der Waals surface area contributed by atoms with Crippen molar-refractivity contribution in [3.05, 3.63) is 81.2 Å². The van der Waals surface area contributed by atoms with E-state index in [0.29, 0.717) is 0 Å². The molecule has 0 aliphatic heterocycles. The number of nitrogens with zero attached hydrogens (tertiary/aromatic N) is 2. The fourth-order valence-corrected chi connectivity index (χ4v) is 6.33. The Bertz CT molecular complexity index is 860. The highest BCUT2D eigenvalue weighted by molar-refractivity contribution is 6.78. The van der Waals surface area contributed by atoms with Crippen LogP contribution in [0.4, 0.5) is 0 Å². The van der Waals surface area contributed by atoms with Crippen LogP contribution in [0.2, 0.25) is 18.1 Å². The summed E-state index contributed by atoms with van der Waals surface area (Å²) in [7, 11) is -1.94. The van der Waals surface area contributed by atoms with E-state index < -0.39 is 8.24 Å². The fourth-order valence-electron chi connectivity index (χ4n) is 3.89. The van der Waals surface area contributed by atoms with Crippen LogP contribution in [0.5, 0.6) is 0 Å². The molecule has 0 saturated carbocycles. The van der Waals surface area contributed by atoms with Crippen LogP contribution < -0.4 is 0 Å². The van der Waals surface area contributed by atoms with Gasteiger partial charge in [-0.15, -0.1) is 0 Å². The highest BCUT2D eigenvalue weighted by Crippen LogP contribution is 2.42. The van der Waals surface area contributed by atoms with E-state index in [4.69, 9.17) is 0 Å². The minimum Gasteiger partial charge on any atom is -0.374 e. The third kappa shape index (κ3) is 3.65. The lowest BCUT2D eigenvalue weighted by Gasteiger charge is -2.41. The molecule has 1 heterocycles. The first kappa shape index (κ1) is 19.6. The second-order valence-electron chi connectivity index (χ2n) is 9.04. The number of rotatable bonds is 5. The highest BCUT2D eigenvalue weighted by Gasteiger charge is 2.42. The summed E-state index contributed by atoms with van der Waals surface area (Å²) in [5, 5.41) is 11.7. The summed E-state index contributed by atoms with van der Waals surface area (Å²) in [5.41, 5.74) is 4.85. The van der Waals surface area contributed by atoms with Crippen molar-refractivity contribution in [2.24, 2.45) is 0 Å². The molecular weight excluding hydrogens is 352 g/mol. The van der Waals surface area contributed by atoms with Crippen LogP contribution in [-0.4, -0.2) is 23.9 Å². The van der Waals surface area contributed by atoms with Crippen LogP contribution in [0.1, 0.15) is 49.2 Å². The van der Waals surface area contributed by atoms with E-state index in [1.807, 2.05) is 30.3 Å². The Hall–Kier alpha value is -2.14. The Labute approximate surface area is 163 Å². The normalized spacial score (nSPS) is 15.4. The van der Waals surface area contributed by atoms with Crippen molar-refractivity contribution in [1.82, 2.24) is 4.23 Å². The maximum atomic E-state index is 11.6. The third-order valence-electron chi connectivity index (χ3n) is 6.32. The predicted octanol–water partition coefficient (Wildman–Crippen LogP) is 5.40. The molecule has 1 aromatic carbocycles. The molecular formula is C22H30N2O2Si. The molecule has 2 aromatic rings. The summed E-state index contributed by atoms with van der Waals surface area (Å²) >= 11 is 0. The molecule has 0 amide bonds. The molecule has 27 heavy (non-hydrogen) atoms. The van der Waals surface area contributed by atoms with Gasteiger partial charge in [-0.05, 0) is 28.7 Å². The lowest BCUT2D eigenvalue weighted by Crippen LogP contribution is -2.48. The summed E-state index contributed by atoms with van der Waals surface area (Å²) in [6, 6.07) is 12.2. The first-order chi connectivity index (χ1) is 12.6. The van der Waals surface area contributed by atoms with Gasteiger partial charge in [0.15, 0.2) is 8.24 Å². The summed E-state index contributed by atoms with van der Waals surface area (Å²) in [6.45, 7) is 11.6. The number of benzene rings is 1. The molecule has 1 unspecified atom stereocenters. The van der Waals surface area contributed by atoms with E-state index >= 15 is 0 Å². The number of hydrogen-bond donors (Lipinski definition) is 0. The third-order valence-corrected chi connectivity index (χ3v) is 11.6. The predicted molar refractivity (Wildman–Crippen MR) is 114 cm³/mol. The zero-order valence-electron chi connectivity index (χ0n) is 17.0. The minimum absolute atomic E-state index is 0.0744. The SMILES string of the molecule is CC(C)(C)[Si](C)(C)n1c(C(C[N+](=O)[O-])c2ccccc2)cc2c1CC=CC2. The molecule has 1 aliphatic rings. The van der Waals surface area contributed by atoms with Crippen molar-refractivity contribution in [1.29, 1.82) is 0 Å². The van der Waals surface area contributed by atoms with Crippen LogP contribution >= 0.6 is 0 Å². The fraction of sp³-hybridized carbons (Fsp3) is 0.455. The standard InChI is InChI=1S/C22H30N2O2Si/c1-22(2,3)27(4,5)24-20-14-10-9-13-18(20)15-21(24)19(16-23(25)26)17-11-7-6-8-12-17/h6-12,15,19H,13-14,16H2,1-5H3. The Morgan fingerprint density at radius 3 is 2.37 bits per heavy atom. The van der Waals surface area contributed by atoms with Crippen molar-refractivity contribution in [2.45, 2.75) is 57.7 Å². The highest BCUT2D eigenvalue weighted by atomic mass is 28.3. The summed E-state index contributed by atoms with van der Waals surface area (Å²) in [4.78, 5) is 11.4. The van der Waals surface area contributed by atoms with Gasteiger partial charge in [0.1, 0.15) is 0 Å². The van der Waals surface area contributed by atoms with Crippen molar-refractivity contribution >= 4 is 8.24 Å². The topological polar surface area (TPSA) is 48.1 Å². The zero-order chi connectivity index (χ0) is 19.8. The van der Waals surface area contributed by atoms with Crippen molar-refractivity contribution in [3.8, 4) is 0 Å².